The van der Waals surface area contributed by atoms with Crippen LogP contribution in [-0.4, -0.2) is 48.0 Å². The number of aryl methyl sites for hydroxylation is 1. The van der Waals surface area contributed by atoms with Crippen LogP contribution < -0.4 is 15.4 Å². The lowest BCUT2D eigenvalue weighted by atomic mass is 10.1. The minimum absolute atomic E-state index is 0. The molecule has 2 N–H and O–H groups in total. The van der Waals surface area contributed by atoms with Crippen molar-refractivity contribution in [3.05, 3.63) is 41.5 Å². The summed E-state index contributed by atoms with van der Waals surface area (Å²) in [7, 11) is 3.48. The first kappa shape index (κ1) is 22.4. The molecule has 0 unspecified atom stereocenters. The van der Waals surface area contributed by atoms with Crippen molar-refractivity contribution in [2.24, 2.45) is 4.99 Å². The Morgan fingerprint density at radius 3 is 2.54 bits per heavy atom. The molecule has 0 aliphatic carbocycles. The lowest BCUT2D eigenvalue weighted by molar-refractivity contribution is 0.414. The molecule has 1 aromatic carbocycles. The van der Waals surface area contributed by atoms with Gasteiger partial charge in [-0.3, -0.25) is 4.99 Å². The number of nitrogens with one attached hydrogen (secondary N) is 2. The number of aromatic nitrogens is 3. The third-order valence-corrected chi connectivity index (χ3v) is 4.92. The monoisotopic (exact) mass is 498 g/mol. The first-order valence-electron chi connectivity index (χ1n) is 9.78. The summed E-state index contributed by atoms with van der Waals surface area (Å²) in [5, 5.41) is 15.5. The molecule has 154 valence electrons. The fourth-order valence-corrected chi connectivity index (χ4v) is 3.36. The fourth-order valence-electron chi connectivity index (χ4n) is 3.36. The smallest absolute Gasteiger partial charge is 0.191 e. The molecule has 1 aliphatic rings. The van der Waals surface area contributed by atoms with E-state index in [-0.39, 0.29) is 24.0 Å². The minimum Gasteiger partial charge on any atom is -0.497 e. The fraction of sp³-hybridized carbons (Fsp3) is 0.550. The summed E-state index contributed by atoms with van der Waals surface area (Å²) in [6.07, 6.45) is 6.57. The first-order valence-corrected chi connectivity index (χ1v) is 9.78. The molecule has 1 aromatic heterocycles. The summed E-state index contributed by atoms with van der Waals surface area (Å²) in [6.45, 7) is 2.67. The number of halogens is 1. The van der Waals surface area contributed by atoms with Gasteiger partial charge in [0, 0.05) is 39.5 Å². The molecule has 0 bridgehead atoms. The molecular weight excluding hydrogens is 467 g/mol. The summed E-state index contributed by atoms with van der Waals surface area (Å²) in [4.78, 5) is 4.30. The van der Waals surface area contributed by atoms with Crippen molar-refractivity contribution < 1.29 is 4.74 Å². The number of benzene rings is 1. The molecule has 0 saturated heterocycles. The van der Waals surface area contributed by atoms with E-state index in [0.29, 0.717) is 0 Å². The highest BCUT2D eigenvalue weighted by atomic mass is 127. The van der Waals surface area contributed by atoms with Crippen molar-refractivity contribution in [3.8, 4) is 5.75 Å². The van der Waals surface area contributed by atoms with Gasteiger partial charge in [-0.15, -0.1) is 34.2 Å². The van der Waals surface area contributed by atoms with E-state index in [2.05, 4.69) is 42.5 Å². The lowest BCUT2D eigenvalue weighted by Gasteiger charge is -2.12. The molecule has 0 fully saturated rings. The Bertz CT molecular complexity index is 744. The van der Waals surface area contributed by atoms with Crippen molar-refractivity contribution in [2.75, 3.05) is 27.2 Å². The van der Waals surface area contributed by atoms with E-state index in [1.165, 1.54) is 24.8 Å². The molecule has 0 atom stereocenters. The zero-order chi connectivity index (χ0) is 18.9. The van der Waals surface area contributed by atoms with Crippen LogP contribution in [0.15, 0.2) is 29.3 Å². The maximum absolute atomic E-state index is 5.19. The van der Waals surface area contributed by atoms with Gasteiger partial charge in [0.15, 0.2) is 5.96 Å². The van der Waals surface area contributed by atoms with Gasteiger partial charge in [-0.05, 0) is 37.0 Å². The standard InChI is InChI=1S/C20H30N6O.HI/c1-21-20(22-13-11-16-7-9-17(27-2)10-8-16)23-14-12-19-25-24-18-6-4-3-5-15-26(18)19;/h7-10H,3-6,11-15H2,1-2H3,(H2,21,22,23);1H. The molecule has 8 heteroatoms. The Hall–Kier alpha value is -1.84. The second-order valence-electron chi connectivity index (χ2n) is 6.77. The van der Waals surface area contributed by atoms with E-state index in [0.717, 1.165) is 62.3 Å². The van der Waals surface area contributed by atoms with Gasteiger partial charge in [0.25, 0.3) is 0 Å². The van der Waals surface area contributed by atoms with Crippen LogP contribution in [0.4, 0.5) is 0 Å². The third-order valence-electron chi connectivity index (χ3n) is 4.92. The second-order valence-corrected chi connectivity index (χ2v) is 6.77. The van der Waals surface area contributed by atoms with E-state index in [9.17, 15) is 0 Å². The predicted molar refractivity (Wildman–Crippen MR) is 123 cm³/mol. The zero-order valence-corrected chi connectivity index (χ0v) is 19.1. The Kier molecular flexibility index (Phi) is 9.52. The number of hydrogen-bond donors (Lipinski definition) is 2. The van der Waals surface area contributed by atoms with Gasteiger partial charge in [0.05, 0.1) is 7.11 Å². The molecular formula is C20H31IN6O. The van der Waals surface area contributed by atoms with Gasteiger partial charge in [-0.1, -0.05) is 18.6 Å². The number of rotatable bonds is 7. The summed E-state index contributed by atoms with van der Waals surface area (Å²) in [5.74, 6) is 3.92. The number of guanidine groups is 1. The third kappa shape index (κ3) is 6.35. The Morgan fingerprint density at radius 1 is 1.07 bits per heavy atom. The largest absolute Gasteiger partial charge is 0.497 e. The van der Waals surface area contributed by atoms with E-state index < -0.39 is 0 Å². The number of nitrogens with zero attached hydrogens (tertiary/aromatic N) is 4. The van der Waals surface area contributed by atoms with Crippen LogP contribution >= 0.6 is 24.0 Å². The Labute approximate surface area is 184 Å². The average Bonchev–Trinajstić information content (AvgIpc) is 2.93. The highest BCUT2D eigenvalue weighted by Gasteiger charge is 2.14. The maximum Gasteiger partial charge on any atom is 0.191 e. The molecule has 2 aromatic rings. The maximum atomic E-state index is 5.19. The van der Waals surface area contributed by atoms with Gasteiger partial charge in [-0.25, -0.2) is 0 Å². The number of ether oxygens (including phenoxy) is 1. The van der Waals surface area contributed by atoms with Crippen molar-refractivity contribution >= 4 is 29.9 Å². The van der Waals surface area contributed by atoms with Crippen molar-refractivity contribution in [1.82, 2.24) is 25.4 Å². The SMILES string of the molecule is CN=C(NCCc1ccc(OC)cc1)NCCc1nnc2n1CCCCC2.I. The van der Waals surface area contributed by atoms with Gasteiger partial charge < -0.3 is 19.9 Å². The van der Waals surface area contributed by atoms with Crippen molar-refractivity contribution in [3.63, 3.8) is 0 Å². The summed E-state index contributed by atoms with van der Waals surface area (Å²) >= 11 is 0. The molecule has 1 aliphatic heterocycles. The summed E-state index contributed by atoms with van der Waals surface area (Å²) in [5.41, 5.74) is 1.27. The Balaban J connectivity index is 0.00000280. The van der Waals surface area contributed by atoms with Crippen LogP contribution in [0.2, 0.25) is 0 Å². The van der Waals surface area contributed by atoms with E-state index in [1.54, 1.807) is 14.2 Å². The molecule has 0 spiro atoms. The van der Waals surface area contributed by atoms with Gasteiger partial charge in [0.1, 0.15) is 17.4 Å². The van der Waals surface area contributed by atoms with Crippen LogP contribution in [0, 0.1) is 0 Å². The summed E-state index contributed by atoms with van der Waals surface area (Å²) in [6, 6.07) is 8.16. The molecule has 3 rings (SSSR count). The van der Waals surface area contributed by atoms with Crippen LogP contribution in [-0.2, 0) is 25.8 Å². The second kappa shape index (κ2) is 11.9. The molecule has 7 nitrogen and oxygen atoms in total. The van der Waals surface area contributed by atoms with Gasteiger partial charge in [-0.2, -0.15) is 0 Å². The molecule has 0 radical (unpaired) electrons. The molecule has 28 heavy (non-hydrogen) atoms. The quantitative estimate of drug-likeness (QED) is 0.349. The predicted octanol–water partition coefficient (Wildman–Crippen LogP) is 2.58. The van der Waals surface area contributed by atoms with E-state index in [4.69, 9.17) is 4.74 Å². The highest BCUT2D eigenvalue weighted by Crippen LogP contribution is 2.14. The topological polar surface area (TPSA) is 76.4 Å². The van der Waals surface area contributed by atoms with E-state index >= 15 is 0 Å². The summed E-state index contributed by atoms with van der Waals surface area (Å²) < 4.78 is 7.49. The van der Waals surface area contributed by atoms with Gasteiger partial charge in [0.2, 0.25) is 0 Å². The van der Waals surface area contributed by atoms with Crippen LogP contribution in [0.3, 0.4) is 0 Å². The van der Waals surface area contributed by atoms with Gasteiger partial charge >= 0.3 is 0 Å². The molecule has 0 amide bonds. The highest BCUT2D eigenvalue weighted by molar-refractivity contribution is 14.0. The first-order chi connectivity index (χ1) is 13.3. The normalized spacial score (nSPS) is 13.9. The average molecular weight is 498 g/mol. The van der Waals surface area contributed by atoms with Crippen LogP contribution in [0.1, 0.15) is 36.5 Å². The Morgan fingerprint density at radius 2 is 1.82 bits per heavy atom. The number of methoxy groups -OCH3 is 1. The lowest BCUT2D eigenvalue weighted by Crippen LogP contribution is -2.39. The van der Waals surface area contributed by atoms with Crippen molar-refractivity contribution in [2.45, 2.75) is 45.1 Å². The van der Waals surface area contributed by atoms with E-state index in [1.807, 2.05) is 12.1 Å². The number of hydrogen-bond acceptors (Lipinski definition) is 4. The molecule has 0 saturated carbocycles. The number of fused-ring (bicyclic) bond motifs is 1. The van der Waals surface area contributed by atoms with Crippen LogP contribution in [0.25, 0.3) is 0 Å². The van der Waals surface area contributed by atoms with Crippen LogP contribution in [0.5, 0.6) is 5.75 Å². The zero-order valence-electron chi connectivity index (χ0n) is 16.8. The number of aliphatic imine (C=N–C) groups is 1. The molecule has 2 heterocycles. The van der Waals surface area contributed by atoms with Crippen molar-refractivity contribution in [1.29, 1.82) is 0 Å². The minimum atomic E-state index is 0.